The molecule has 5 nitrogen and oxygen atoms in total. The average Bonchev–Trinajstić information content (AvgIpc) is 2.89. The van der Waals surface area contributed by atoms with Crippen LogP contribution in [0, 0.1) is 0 Å². The van der Waals surface area contributed by atoms with Crippen molar-refractivity contribution < 1.29 is 22.5 Å². The van der Waals surface area contributed by atoms with Crippen LogP contribution in [0.3, 0.4) is 0 Å². The standard InChI is InChI=1S/C18H15S.C12H24O5S/c1-4-10-16(11-5-1)19(17-12-6-2-7-13-17)18-14-8-3-9-15-18;1-2-3-4-5-6-7-8-9-10-17-12(13)11-18(14,15)16/h1-15H;2-11H2,1H3,(H,14,15,16)/q+1;/p-1. The Labute approximate surface area is 225 Å². The van der Waals surface area contributed by atoms with E-state index in [9.17, 15) is 17.8 Å². The lowest BCUT2D eigenvalue weighted by Gasteiger charge is -2.07. The minimum absolute atomic E-state index is 0.0146. The van der Waals surface area contributed by atoms with Crippen molar-refractivity contribution >= 4 is 27.0 Å². The van der Waals surface area contributed by atoms with Crippen molar-refractivity contribution in [2.45, 2.75) is 73.0 Å². The molecule has 0 heterocycles. The van der Waals surface area contributed by atoms with E-state index in [0.29, 0.717) is 0 Å². The molecule has 0 aliphatic heterocycles. The quantitative estimate of drug-likeness (QED) is 0.0948. The third-order valence-electron chi connectivity index (χ3n) is 5.49. The van der Waals surface area contributed by atoms with Crippen molar-refractivity contribution in [1.29, 1.82) is 0 Å². The van der Waals surface area contributed by atoms with Gasteiger partial charge in [-0.05, 0) is 42.8 Å². The van der Waals surface area contributed by atoms with Gasteiger partial charge in [0, 0.05) is 0 Å². The maximum atomic E-state index is 10.9. The fourth-order valence-electron chi connectivity index (χ4n) is 3.69. The highest BCUT2D eigenvalue weighted by molar-refractivity contribution is 7.97. The van der Waals surface area contributed by atoms with Crippen molar-refractivity contribution in [1.82, 2.24) is 0 Å². The smallest absolute Gasteiger partial charge is 0.319 e. The third kappa shape index (κ3) is 13.5. The average molecular weight is 543 g/mol. The molecule has 0 aromatic heterocycles. The lowest BCUT2D eigenvalue weighted by Crippen LogP contribution is -2.18. The fraction of sp³-hybridized carbons (Fsp3) is 0.367. The normalized spacial score (nSPS) is 11.0. The van der Waals surface area contributed by atoms with Gasteiger partial charge in [-0.25, -0.2) is 8.42 Å². The van der Waals surface area contributed by atoms with Crippen LogP contribution in [0.5, 0.6) is 0 Å². The van der Waals surface area contributed by atoms with E-state index in [0.717, 1.165) is 19.3 Å². The molecule has 0 aliphatic carbocycles. The lowest BCUT2D eigenvalue weighted by atomic mass is 10.1. The van der Waals surface area contributed by atoms with Gasteiger partial charge in [-0.2, -0.15) is 0 Å². The molecule has 0 aliphatic rings. The summed E-state index contributed by atoms with van der Waals surface area (Å²) in [5.74, 6) is -2.02. The van der Waals surface area contributed by atoms with Gasteiger partial charge in [-0.15, -0.1) is 0 Å². The van der Waals surface area contributed by atoms with E-state index in [4.69, 9.17) is 0 Å². The summed E-state index contributed by atoms with van der Waals surface area (Å²) in [5.41, 5.74) is 0. The molecule has 0 fully saturated rings. The zero-order valence-electron chi connectivity index (χ0n) is 21.6. The maximum Gasteiger partial charge on any atom is 0.319 e. The number of unbranched alkanes of at least 4 members (excludes halogenated alkanes) is 7. The number of hydrogen-bond donors (Lipinski definition) is 0. The Morgan fingerprint density at radius 3 is 1.43 bits per heavy atom. The Morgan fingerprint density at radius 2 is 1.05 bits per heavy atom. The molecule has 200 valence electrons. The molecule has 37 heavy (non-hydrogen) atoms. The second kappa shape index (κ2) is 17.8. The summed E-state index contributed by atoms with van der Waals surface area (Å²) in [6, 6.07) is 32.2. The fourth-order valence-corrected chi connectivity index (χ4v) is 6.16. The highest BCUT2D eigenvalue weighted by Crippen LogP contribution is 2.30. The van der Waals surface area contributed by atoms with Gasteiger partial charge >= 0.3 is 5.97 Å². The molecule has 0 radical (unpaired) electrons. The predicted octanol–water partition coefficient (Wildman–Crippen LogP) is 7.00. The van der Waals surface area contributed by atoms with Gasteiger partial charge in [0.25, 0.3) is 0 Å². The number of esters is 1. The molecule has 0 bridgehead atoms. The highest BCUT2D eigenvalue weighted by atomic mass is 32.2. The molecule has 0 atom stereocenters. The SMILES string of the molecule is CCCCCCCCCCOC(=O)CS(=O)(=O)[O-].c1ccc([S+](c2ccccc2)c2ccccc2)cc1. The molecule has 3 aromatic carbocycles. The van der Waals surface area contributed by atoms with Crippen LogP contribution in [0.2, 0.25) is 0 Å². The first kappa shape index (κ1) is 30.6. The van der Waals surface area contributed by atoms with Gasteiger partial charge in [0.1, 0.15) is 15.9 Å². The number of hydrogen-bond acceptors (Lipinski definition) is 5. The monoisotopic (exact) mass is 542 g/mol. The number of carbonyl (C=O) groups is 1. The first-order chi connectivity index (χ1) is 17.9. The largest absolute Gasteiger partial charge is 0.748 e. The van der Waals surface area contributed by atoms with Crippen molar-refractivity contribution in [3.05, 3.63) is 91.0 Å². The molecular weight excluding hydrogens is 504 g/mol. The first-order valence-electron chi connectivity index (χ1n) is 12.9. The highest BCUT2D eigenvalue weighted by Gasteiger charge is 2.27. The van der Waals surface area contributed by atoms with E-state index in [-0.39, 0.29) is 17.5 Å². The van der Waals surface area contributed by atoms with E-state index < -0.39 is 21.8 Å². The Balaban J connectivity index is 0.000000261. The summed E-state index contributed by atoms with van der Waals surface area (Å²) in [4.78, 5) is 14.9. The third-order valence-corrected chi connectivity index (χ3v) is 8.31. The van der Waals surface area contributed by atoms with E-state index in [1.807, 2.05) is 0 Å². The van der Waals surface area contributed by atoms with Crippen LogP contribution in [0.15, 0.2) is 106 Å². The number of benzene rings is 3. The molecule has 0 unspecified atom stereocenters. The van der Waals surface area contributed by atoms with Crippen LogP contribution in [0.4, 0.5) is 0 Å². The first-order valence-corrected chi connectivity index (χ1v) is 15.7. The molecular formula is C30H38O5S2. The van der Waals surface area contributed by atoms with Gasteiger partial charge in [-0.3, -0.25) is 4.79 Å². The van der Waals surface area contributed by atoms with Gasteiger partial charge < -0.3 is 9.29 Å². The van der Waals surface area contributed by atoms with Crippen LogP contribution >= 0.6 is 0 Å². The summed E-state index contributed by atoms with van der Waals surface area (Å²) in [5, 5.41) is 0. The molecule has 0 N–H and O–H groups in total. The Kier molecular flexibility index (Phi) is 14.7. The van der Waals surface area contributed by atoms with Crippen molar-refractivity contribution in [3.8, 4) is 0 Å². The van der Waals surface area contributed by atoms with Crippen molar-refractivity contribution in [3.63, 3.8) is 0 Å². The molecule has 3 aromatic rings. The van der Waals surface area contributed by atoms with Crippen LogP contribution in [0.25, 0.3) is 0 Å². The minimum Gasteiger partial charge on any atom is -0.748 e. The summed E-state index contributed by atoms with van der Waals surface area (Å²) >= 11 is 0. The number of carbonyl (C=O) groups excluding carboxylic acids is 1. The maximum absolute atomic E-state index is 10.9. The Hall–Kier alpha value is -2.61. The van der Waals surface area contributed by atoms with E-state index in [1.54, 1.807) is 0 Å². The number of ether oxygens (including phenoxy) is 1. The number of rotatable bonds is 14. The van der Waals surface area contributed by atoms with Gasteiger partial charge in [-0.1, -0.05) is 106 Å². The van der Waals surface area contributed by atoms with Crippen LogP contribution in [0.1, 0.15) is 58.3 Å². The van der Waals surface area contributed by atoms with Gasteiger partial charge in [0.15, 0.2) is 14.7 Å². The van der Waals surface area contributed by atoms with Crippen LogP contribution < -0.4 is 0 Å². The molecule has 0 spiro atoms. The lowest BCUT2D eigenvalue weighted by molar-refractivity contribution is -0.140. The molecule has 0 saturated carbocycles. The van der Waals surface area contributed by atoms with Gasteiger partial charge in [0.2, 0.25) is 0 Å². The summed E-state index contributed by atoms with van der Waals surface area (Å²) < 4.78 is 35.4. The molecule has 0 amide bonds. The minimum atomic E-state index is -4.51. The Morgan fingerprint density at radius 1 is 0.676 bits per heavy atom. The zero-order valence-corrected chi connectivity index (χ0v) is 23.2. The van der Waals surface area contributed by atoms with Crippen LogP contribution in [-0.4, -0.2) is 31.3 Å². The predicted molar refractivity (Wildman–Crippen MR) is 150 cm³/mol. The molecule has 0 saturated heterocycles. The van der Waals surface area contributed by atoms with Crippen LogP contribution in [-0.2, 0) is 30.5 Å². The van der Waals surface area contributed by atoms with E-state index in [2.05, 4.69) is 103 Å². The summed E-state index contributed by atoms with van der Waals surface area (Å²) in [6.07, 6.45) is 8.99. The van der Waals surface area contributed by atoms with E-state index >= 15 is 0 Å². The van der Waals surface area contributed by atoms with Crippen molar-refractivity contribution in [2.75, 3.05) is 12.4 Å². The summed E-state index contributed by atoms with van der Waals surface area (Å²) in [7, 11) is -4.52. The second-order valence-electron chi connectivity index (χ2n) is 8.64. The summed E-state index contributed by atoms with van der Waals surface area (Å²) in [6.45, 7) is 2.37. The van der Waals surface area contributed by atoms with Crippen molar-refractivity contribution in [2.24, 2.45) is 0 Å². The van der Waals surface area contributed by atoms with Gasteiger partial charge in [0.05, 0.1) is 17.5 Å². The molecule has 3 rings (SSSR count). The van der Waals surface area contributed by atoms with E-state index in [1.165, 1.54) is 46.8 Å². The topological polar surface area (TPSA) is 83.5 Å². The second-order valence-corrected chi connectivity index (χ2v) is 12.1. The molecule has 7 heteroatoms. The Bertz CT molecular complexity index is 1010. The zero-order chi connectivity index (χ0) is 26.8.